The molecule has 130 valence electrons. The van der Waals surface area contributed by atoms with Gasteiger partial charge in [0, 0.05) is 31.7 Å². The Morgan fingerprint density at radius 2 is 1.96 bits per heavy atom. The number of carbonyl (C=O) groups is 1. The topological polar surface area (TPSA) is 75.7 Å². The van der Waals surface area contributed by atoms with Crippen LogP contribution in [0, 0.1) is 0 Å². The van der Waals surface area contributed by atoms with E-state index in [4.69, 9.17) is 4.42 Å². The lowest BCUT2D eigenvalue weighted by Crippen LogP contribution is -2.13. The molecule has 4 aromatic rings. The zero-order valence-electron chi connectivity index (χ0n) is 14.4. The quantitative estimate of drug-likeness (QED) is 0.613. The van der Waals surface area contributed by atoms with Crippen molar-refractivity contribution in [2.75, 3.05) is 24.3 Å². The predicted octanol–water partition coefficient (Wildman–Crippen LogP) is 3.31. The van der Waals surface area contributed by atoms with Crippen LogP contribution < -0.4 is 10.2 Å². The summed E-state index contributed by atoms with van der Waals surface area (Å²) in [6.45, 7) is 0. The molecule has 0 saturated heterocycles. The average molecular weight is 347 g/mol. The van der Waals surface area contributed by atoms with E-state index >= 15 is 0 Å². The van der Waals surface area contributed by atoms with Crippen molar-refractivity contribution < 1.29 is 9.21 Å². The molecule has 3 aromatic heterocycles. The van der Waals surface area contributed by atoms with E-state index in [9.17, 15) is 4.79 Å². The van der Waals surface area contributed by atoms with Gasteiger partial charge in [0.25, 0.3) is 5.91 Å². The third kappa shape index (κ3) is 2.79. The maximum absolute atomic E-state index is 12.7. The Morgan fingerprint density at radius 1 is 1.15 bits per heavy atom. The number of nitrogens with one attached hydrogen (secondary N) is 1. The minimum absolute atomic E-state index is 0.262. The van der Waals surface area contributed by atoms with Crippen LogP contribution in [0.4, 0.5) is 11.4 Å². The van der Waals surface area contributed by atoms with E-state index in [1.54, 1.807) is 29.1 Å². The number of furan rings is 1. The zero-order valence-corrected chi connectivity index (χ0v) is 14.4. The molecular formula is C19H17N5O2. The number of hydrogen-bond donors (Lipinski definition) is 1. The maximum Gasteiger partial charge on any atom is 0.261 e. The Hall–Kier alpha value is -3.61. The van der Waals surface area contributed by atoms with Gasteiger partial charge in [0.2, 0.25) is 0 Å². The van der Waals surface area contributed by atoms with Crippen LogP contribution in [-0.4, -0.2) is 34.6 Å². The van der Waals surface area contributed by atoms with Crippen molar-refractivity contribution in [2.45, 2.75) is 0 Å². The maximum atomic E-state index is 12.7. The number of rotatable bonds is 4. The molecule has 0 fully saturated rings. The van der Waals surface area contributed by atoms with Gasteiger partial charge < -0.3 is 14.6 Å². The van der Waals surface area contributed by atoms with Crippen molar-refractivity contribution in [3.05, 3.63) is 66.7 Å². The fraction of sp³-hybridized carbons (Fsp3) is 0.105. The molecule has 3 heterocycles. The fourth-order valence-electron chi connectivity index (χ4n) is 2.70. The summed E-state index contributed by atoms with van der Waals surface area (Å²) in [5, 5.41) is 7.18. The second kappa shape index (κ2) is 6.36. The highest BCUT2D eigenvalue weighted by Crippen LogP contribution is 2.22. The zero-order chi connectivity index (χ0) is 18.1. The number of amides is 1. The van der Waals surface area contributed by atoms with Gasteiger partial charge in [-0.15, -0.1) is 0 Å². The molecule has 7 heteroatoms. The molecular weight excluding hydrogens is 330 g/mol. The first-order valence-electron chi connectivity index (χ1n) is 8.09. The first-order valence-corrected chi connectivity index (χ1v) is 8.09. The molecule has 26 heavy (non-hydrogen) atoms. The molecule has 0 aliphatic carbocycles. The molecule has 4 rings (SSSR count). The smallest absolute Gasteiger partial charge is 0.261 e. The summed E-state index contributed by atoms with van der Waals surface area (Å²) in [7, 11) is 3.93. The van der Waals surface area contributed by atoms with Crippen LogP contribution in [0.25, 0.3) is 17.1 Å². The summed E-state index contributed by atoms with van der Waals surface area (Å²) in [6.07, 6.45) is 4.74. The lowest BCUT2D eigenvalue weighted by Gasteiger charge is -2.12. The van der Waals surface area contributed by atoms with E-state index in [1.165, 1.54) is 6.20 Å². The Kier molecular flexibility index (Phi) is 3.89. The van der Waals surface area contributed by atoms with E-state index in [0.717, 1.165) is 11.4 Å². The van der Waals surface area contributed by atoms with Crippen LogP contribution in [0.15, 0.2) is 65.5 Å². The number of anilines is 2. The largest absolute Gasteiger partial charge is 0.463 e. The molecule has 0 aliphatic rings. The second-order valence-corrected chi connectivity index (χ2v) is 6.00. The summed E-state index contributed by atoms with van der Waals surface area (Å²) in [4.78, 5) is 19.0. The van der Waals surface area contributed by atoms with Crippen LogP contribution in [-0.2, 0) is 0 Å². The number of benzene rings is 1. The third-order valence-electron chi connectivity index (χ3n) is 4.06. The lowest BCUT2D eigenvalue weighted by molar-refractivity contribution is 0.102. The van der Waals surface area contributed by atoms with Crippen LogP contribution in [0.3, 0.4) is 0 Å². The lowest BCUT2D eigenvalue weighted by atomic mass is 10.2. The SMILES string of the molecule is CN(C)c1ccc(NC(=O)c2cnn3c(-c4ccco4)ccnc23)cc1. The standard InChI is InChI=1S/C19H17N5O2/c1-23(2)14-7-5-13(6-8-14)22-19(25)15-12-21-24-16(9-10-20-18(15)24)17-4-3-11-26-17/h3-12H,1-2H3,(H,22,25). The van der Waals surface area contributed by atoms with Crippen molar-refractivity contribution >= 4 is 22.9 Å². The Bertz CT molecular complexity index is 1050. The molecule has 0 saturated carbocycles. The Morgan fingerprint density at radius 3 is 2.65 bits per heavy atom. The van der Waals surface area contributed by atoms with E-state index in [2.05, 4.69) is 15.4 Å². The van der Waals surface area contributed by atoms with Crippen LogP contribution in [0.2, 0.25) is 0 Å². The van der Waals surface area contributed by atoms with Crippen molar-refractivity contribution in [2.24, 2.45) is 0 Å². The number of hydrogen-bond acceptors (Lipinski definition) is 5. The molecule has 0 spiro atoms. The predicted molar refractivity (Wildman–Crippen MR) is 99.4 cm³/mol. The van der Waals surface area contributed by atoms with Gasteiger partial charge in [-0.3, -0.25) is 4.79 Å². The molecule has 1 N–H and O–H groups in total. The number of carbonyl (C=O) groups excluding carboxylic acids is 1. The third-order valence-corrected chi connectivity index (χ3v) is 4.06. The van der Waals surface area contributed by atoms with Crippen LogP contribution in [0.1, 0.15) is 10.4 Å². The number of aromatic nitrogens is 3. The highest BCUT2D eigenvalue weighted by molar-refractivity contribution is 6.08. The molecule has 1 amide bonds. The van der Waals surface area contributed by atoms with Gasteiger partial charge in [0.1, 0.15) is 11.3 Å². The summed E-state index contributed by atoms with van der Waals surface area (Å²) in [5.41, 5.74) is 3.37. The molecule has 0 unspecified atom stereocenters. The average Bonchev–Trinajstić information content (AvgIpc) is 3.31. The van der Waals surface area contributed by atoms with Crippen molar-refractivity contribution in [3.8, 4) is 11.5 Å². The molecule has 1 aromatic carbocycles. The highest BCUT2D eigenvalue weighted by Gasteiger charge is 2.17. The monoisotopic (exact) mass is 347 g/mol. The first-order chi connectivity index (χ1) is 12.6. The van der Waals surface area contributed by atoms with Gasteiger partial charge in [-0.05, 0) is 42.5 Å². The number of fused-ring (bicyclic) bond motifs is 1. The summed E-state index contributed by atoms with van der Waals surface area (Å²) >= 11 is 0. The van der Waals surface area contributed by atoms with Gasteiger partial charge in [0.05, 0.1) is 12.5 Å². The van der Waals surface area contributed by atoms with Gasteiger partial charge >= 0.3 is 0 Å². The van der Waals surface area contributed by atoms with E-state index in [-0.39, 0.29) is 5.91 Å². The molecule has 0 bridgehead atoms. The van der Waals surface area contributed by atoms with Gasteiger partial charge in [0.15, 0.2) is 11.4 Å². The Labute approximate surface area is 149 Å². The fourth-order valence-corrected chi connectivity index (χ4v) is 2.70. The molecule has 7 nitrogen and oxygen atoms in total. The van der Waals surface area contributed by atoms with Crippen molar-refractivity contribution in [1.29, 1.82) is 0 Å². The highest BCUT2D eigenvalue weighted by atomic mass is 16.3. The van der Waals surface area contributed by atoms with E-state index < -0.39 is 0 Å². The second-order valence-electron chi connectivity index (χ2n) is 6.00. The summed E-state index contributed by atoms with van der Waals surface area (Å²) in [6, 6.07) is 13.0. The minimum Gasteiger partial charge on any atom is -0.463 e. The molecule has 0 aliphatic heterocycles. The normalized spacial score (nSPS) is 10.8. The first kappa shape index (κ1) is 15.9. The van der Waals surface area contributed by atoms with Crippen LogP contribution >= 0.6 is 0 Å². The minimum atomic E-state index is -0.262. The van der Waals surface area contributed by atoms with Gasteiger partial charge in [-0.1, -0.05) is 0 Å². The Balaban J connectivity index is 1.64. The summed E-state index contributed by atoms with van der Waals surface area (Å²) in [5.74, 6) is 0.397. The van der Waals surface area contributed by atoms with E-state index in [0.29, 0.717) is 22.7 Å². The van der Waals surface area contributed by atoms with Crippen LogP contribution in [0.5, 0.6) is 0 Å². The van der Waals surface area contributed by atoms with E-state index in [1.807, 2.05) is 49.3 Å². The number of nitrogens with zero attached hydrogens (tertiary/aromatic N) is 4. The van der Waals surface area contributed by atoms with Gasteiger partial charge in [-0.2, -0.15) is 5.10 Å². The summed E-state index contributed by atoms with van der Waals surface area (Å²) < 4.78 is 7.03. The van der Waals surface area contributed by atoms with Crippen molar-refractivity contribution in [3.63, 3.8) is 0 Å². The molecule has 0 atom stereocenters. The van der Waals surface area contributed by atoms with Crippen molar-refractivity contribution in [1.82, 2.24) is 14.6 Å². The van der Waals surface area contributed by atoms with Gasteiger partial charge in [-0.25, -0.2) is 9.50 Å². The molecule has 0 radical (unpaired) electrons.